The first-order chi connectivity index (χ1) is 9.19. The molecule has 0 aliphatic rings. The SMILES string of the molecule is COc1ccc(COCc2ccc(C(=O)O)o2)cc1. The van der Waals surface area contributed by atoms with Crippen molar-refractivity contribution in [3.8, 4) is 5.75 Å². The number of methoxy groups -OCH3 is 1. The lowest BCUT2D eigenvalue weighted by Gasteiger charge is -2.04. The third-order valence-electron chi connectivity index (χ3n) is 2.54. The van der Waals surface area contributed by atoms with E-state index in [9.17, 15) is 4.79 Å². The summed E-state index contributed by atoms with van der Waals surface area (Å²) in [6.07, 6.45) is 0. The van der Waals surface area contributed by atoms with E-state index in [2.05, 4.69) is 0 Å². The normalized spacial score (nSPS) is 10.4. The zero-order chi connectivity index (χ0) is 13.7. The van der Waals surface area contributed by atoms with Gasteiger partial charge in [0.15, 0.2) is 0 Å². The van der Waals surface area contributed by atoms with E-state index in [1.165, 1.54) is 6.07 Å². The van der Waals surface area contributed by atoms with Crippen LogP contribution >= 0.6 is 0 Å². The molecule has 1 heterocycles. The van der Waals surface area contributed by atoms with Crippen molar-refractivity contribution in [1.29, 1.82) is 0 Å². The second-order valence-corrected chi connectivity index (χ2v) is 3.91. The number of benzene rings is 1. The zero-order valence-electron chi connectivity index (χ0n) is 10.5. The summed E-state index contributed by atoms with van der Waals surface area (Å²) in [5.74, 6) is 0.122. The van der Waals surface area contributed by atoms with E-state index in [-0.39, 0.29) is 12.4 Å². The fourth-order valence-corrected chi connectivity index (χ4v) is 1.56. The third-order valence-corrected chi connectivity index (χ3v) is 2.54. The Kier molecular flexibility index (Phi) is 4.20. The first-order valence-corrected chi connectivity index (χ1v) is 5.71. The molecule has 19 heavy (non-hydrogen) atoms. The van der Waals surface area contributed by atoms with E-state index in [0.29, 0.717) is 12.4 Å². The Morgan fingerprint density at radius 3 is 2.47 bits per heavy atom. The molecular formula is C14H14O5. The predicted octanol–water partition coefficient (Wildman–Crippen LogP) is 2.70. The van der Waals surface area contributed by atoms with Gasteiger partial charge >= 0.3 is 5.97 Å². The second-order valence-electron chi connectivity index (χ2n) is 3.91. The minimum absolute atomic E-state index is 0.0805. The van der Waals surface area contributed by atoms with Crippen molar-refractivity contribution in [3.63, 3.8) is 0 Å². The lowest BCUT2D eigenvalue weighted by atomic mass is 10.2. The van der Waals surface area contributed by atoms with Gasteiger partial charge in [-0.2, -0.15) is 0 Å². The van der Waals surface area contributed by atoms with Crippen LogP contribution in [0.4, 0.5) is 0 Å². The lowest BCUT2D eigenvalue weighted by molar-refractivity contribution is 0.0641. The molecule has 2 aromatic rings. The summed E-state index contributed by atoms with van der Waals surface area (Å²) < 4.78 is 15.6. The van der Waals surface area contributed by atoms with Crippen molar-refractivity contribution in [2.75, 3.05) is 7.11 Å². The predicted molar refractivity (Wildman–Crippen MR) is 67.2 cm³/mol. The molecule has 0 spiro atoms. The number of furan rings is 1. The Morgan fingerprint density at radius 2 is 1.89 bits per heavy atom. The largest absolute Gasteiger partial charge is 0.497 e. The standard InChI is InChI=1S/C14H14O5/c1-17-11-4-2-10(3-5-11)8-18-9-12-6-7-13(19-12)14(15)16/h2-7H,8-9H2,1H3,(H,15,16). The van der Waals surface area contributed by atoms with E-state index >= 15 is 0 Å². The van der Waals surface area contributed by atoms with Crippen LogP contribution in [-0.4, -0.2) is 18.2 Å². The summed E-state index contributed by atoms with van der Waals surface area (Å²) in [4.78, 5) is 10.6. The van der Waals surface area contributed by atoms with Crippen LogP contribution in [-0.2, 0) is 18.0 Å². The molecule has 100 valence electrons. The molecule has 0 bridgehead atoms. The number of rotatable bonds is 6. The number of hydrogen-bond acceptors (Lipinski definition) is 4. The molecule has 1 aromatic carbocycles. The molecule has 1 N–H and O–H groups in total. The number of carboxylic acids is 1. The van der Waals surface area contributed by atoms with Gasteiger partial charge < -0.3 is 19.0 Å². The summed E-state index contributed by atoms with van der Waals surface area (Å²) in [7, 11) is 1.61. The molecule has 0 radical (unpaired) electrons. The minimum Gasteiger partial charge on any atom is -0.497 e. The summed E-state index contributed by atoms with van der Waals surface area (Å²) in [6.45, 7) is 0.659. The van der Waals surface area contributed by atoms with Crippen molar-refractivity contribution in [2.24, 2.45) is 0 Å². The molecule has 0 saturated carbocycles. The van der Waals surface area contributed by atoms with Crippen molar-refractivity contribution >= 4 is 5.97 Å². The average molecular weight is 262 g/mol. The number of ether oxygens (including phenoxy) is 2. The van der Waals surface area contributed by atoms with Crippen LogP contribution in [0.15, 0.2) is 40.8 Å². The third kappa shape index (κ3) is 3.59. The average Bonchev–Trinajstić information content (AvgIpc) is 2.89. The number of carbonyl (C=O) groups is 1. The van der Waals surface area contributed by atoms with Crippen LogP contribution in [0.1, 0.15) is 21.9 Å². The Labute approximate surface area is 110 Å². The Morgan fingerprint density at radius 1 is 1.16 bits per heavy atom. The van der Waals surface area contributed by atoms with Crippen LogP contribution < -0.4 is 4.74 Å². The monoisotopic (exact) mass is 262 g/mol. The van der Waals surface area contributed by atoms with Gasteiger partial charge in [0.25, 0.3) is 0 Å². The Bertz CT molecular complexity index is 541. The molecule has 1 aromatic heterocycles. The fraction of sp³-hybridized carbons (Fsp3) is 0.214. The minimum atomic E-state index is -1.08. The van der Waals surface area contributed by atoms with E-state index in [1.807, 2.05) is 24.3 Å². The van der Waals surface area contributed by atoms with Crippen LogP contribution in [0.3, 0.4) is 0 Å². The molecule has 2 rings (SSSR count). The van der Waals surface area contributed by atoms with Gasteiger partial charge in [0.05, 0.1) is 13.7 Å². The molecule has 0 fully saturated rings. The first-order valence-electron chi connectivity index (χ1n) is 5.71. The second kappa shape index (κ2) is 6.06. The van der Waals surface area contributed by atoms with Gasteiger partial charge in [-0.15, -0.1) is 0 Å². The fourth-order valence-electron chi connectivity index (χ4n) is 1.56. The highest BCUT2D eigenvalue weighted by atomic mass is 16.5. The van der Waals surface area contributed by atoms with Crippen molar-refractivity contribution in [1.82, 2.24) is 0 Å². The molecule has 0 saturated heterocycles. The Hall–Kier alpha value is -2.27. The number of hydrogen-bond donors (Lipinski definition) is 1. The highest BCUT2D eigenvalue weighted by Crippen LogP contribution is 2.13. The molecule has 0 atom stereocenters. The molecule has 0 aliphatic heterocycles. The van der Waals surface area contributed by atoms with Crippen LogP contribution in [0.5, 0.6) is 5.75 Å². The summed E-state index contributed by atoms with van der Waals surface area (Å²) in [5, 5.41) is 8.70. The zero-order valence-corrected chi connectivity index (χ0v) is 10.5. The topological polar surface area (TPSA) is 68.9 Å². The Balaban J connectivity index is 1.83. The highest BCUT2D eigenvalue weighted by molar-refractivity contribution is 5.84. The van der Waals surface area contributed by atoms with Crippen molar-refractivity contribution < 1.29 is 23.8 Å². The van der Waals surface area contributed by atoms with E-state index in [1.54, 1.807) is 13.2 Å². The first kappa shape index (κ1) is 13.2. The quantitative estimate of drug-likeness (QED) is 0.866. The van der Waals surface area contributed by atoms with Gasteiger partial charge in [-0.3, -0.25) is 0 Å². The number of carboxylic acid groups (broad SMARTS) is 1. The van der Waals surface area contributed by atoms with Crippen molar-refractivity contribution in [3.05, 3.63) is 53.5 Å². The van der Waals surface area contributed by atoms with E-state index < -0.39 is 5.97 Å². The molecule has 5 nitrogen and oxygen atoms in total. The molecule has 0 amide bonds. The van der Waals surface area contributed by atoms with Crippen molar-refractivity contribution in [2.45, 2.75) is 13.2 Å². The number of aromatic carboxylic acids is 1. The van der Waals surface area contributed by atoms with E-state index in [0.717, 1.165) is 11.3 Å². The van der Waals surface area contributed by atoms with Gasteiger partial charge in [0.2, 0.25) is 5.76 Å². The van der Waals surface area contributed by atoms with Gasteiger partial charge in [-0.1, -0.05) is 12.1 Å². The summed E-state index contributed by atoms with van der Waals surface area (Å²) in [5.41, 5.74) is 1.01. The summed E-state index contributed by atoms with van der Waals surface area (Å²) >= 11 is 0. The maximum Gasteiger partial charge on any atom is 0.371 e. The smallest absolute Gasteiger partial charge is 0.371 e. The summed E-state index contributed by atoms with van der Waals surface area (Å²) in [6, 6.07) is 10.5. The molecule has 0 unspecified atom stereocenters. The molecule has 5 heteroatoms. The lowest BCUT2D eigenvalue weighted by Crippen LogP contribution is -1.94. The van der Waals surface area contributed by atoms with Gasteiger partial charge in [0, 0.05) is 0 Å². The molecule has 0 aliphatic carbocycles. The van der Waals surface area contributed by atoms with Crippen LogP contribution in [0.25, 0.3) is 0 Å². The van der Waals surface area contributed by atoms with Gasteiger partial charge in [0.1, 0.15) is 18.1 Å². The van der Waals surface area contributed by atoms with E-state index in [4.69, 9.17) is 19.0 Å². The van der Waals surface area contributed by atoms with Crippen LogP contribution in [0.2, 0.25) is 0 Å². The molecular weight excluding hydrogens is 248 g/mol. The van der Waals surface area contributed by atoms with Gasteiger partial charge in [-0.05, 0) is 29.8 Å². The maximum atomic E-state index is 10.6. The van der Waals surface area contributed by atoms with Crippen LogP contribution in [0, 0.1) is 0 Å². The maximum absolute atomic E-state index is 10.6. The highest BCUT2D eigenvalue weighted by Gasteiger charge is 2.08. The van der Waals surface area contributed by atoms with Gasteiger partial charge in [-0.25, -0.2) is 4.79 Å².